The number of ether oxygens (including phenoxy) is 2. The number of aliphatic hydroxyl groups is 1. The van der Waals surface area contributed by atoms with E-state index in [1.54, 1.807) is 6.08 Å². The number of carbonyl (C=O) groups excluding carboxylic acids is 4. The topological polar surface area (TPSA) is 107 Å². The van der Waals surface area contributed by atoms with E-state index >= 15 is 0 Å². The summed E-state index contributed by atoms with van der Waals surface area (Å²) in [7, 11) is 0. The lowest BCUT2D eigenvalue weighted by atomic mass is 9.48. The highest BCUT2D eigenvalue weighted by atomic mass is 35.5. The minimum absolute atomic E-state index is 0.0612. The molecular formula is C27H33ClO7. The Balaban J connectivity index is 1.80. The molecule has 190 valence electrons. The van der Waals surface area contributed by atoms with Crippen LogP contribution >= 0.6 is 11.6 Å². The predicted molar refractivity (Wildman–Crippen MR) is 128 cm³/mol. The molecule has 1 N–H and O–H groups in total. The zero-order chi connectivity index (χ0) is 25.9. The first kappa shape index (κ1) is 25.8. The van der Waals surface area contributed by atoms with Crippen molar-refractivity contribution < 1.29 is 33.8 Å². The molecule has 8 atom stereocenters. The average Bonchev–Trinajstić information content (AvgIpc) is 3.02. The molecular weight excluding hydrogens is 472 g/mol. The van der Waals surface area contributed by atoms with Crippen molar-refractivity contribution in [2.75, 3.05) is 6.61 Å². The fourth-order valence-corrected chi connectivity index (χ4v) is 7.79. The molecule has 8 heteroatoms. The number of esters is 2. The fourth-order valence-electron chi connectivity index (χ4n) is 7.50. The van der Waals surface area contributed by atoms with E-state index in [2.05, 4.69) is 0 Å². The average molecular weight is 505 g/mol. The second-order valence-corrected chi connectivity index (χ2v) is 11.4. The number of ketones is 2. The molecule has 0 saturated heterocycles. The minimum Gasteiger partial charge on any atom is -0.460 e. The molecule has 2 fully saturated rings. The molecule has 0 aromatic rings. The van der Waals surface area contributed by atoms with Crippen LogP contribution < -0.4 is 0 Å². The Morgan fingerprint density at radius 3 is 2.57 bits per heavy atom. The van der Waals surface area contributed by atoms with Gasteiger partial charge in [-0.2, -0.15) is 0 Å². The number of rotatable bonds is 5. The van der Waals surface area contributed by atoms with Crippen molar-refractivity contribution in [3.63, 3.8) is 0 Å². The van der Waals surface area contributed by atoms with Gasteiger partial charge in [-0.05, 0) is 54.6 Å². The molecule has 35 heavy (non-hydrogen) atoms. The Morgan fingerprint density at radius 2 is 1.94 bits per heavy atom. The van der Waals surface area contributed by atoms with Gasteiger partial charge >= 0.3 is 11.9 Å². The maximum Gasteiger partial charge on any atom is 0.374 e. The summed E-state index contributed by atoms with van der Waals surface area (Å²) in [5, 5.41) is 11.6. The van der Waals surface area contributed by atoms with Gasteiger partial charge in [0.15, 0.2) is 5.78 Å². The van der Waals surface area contributed by atoms with Gasteiger partial charge in [0, 0.05) is 29.7 Å². The van der Waals surface area contributed by atoms with Gasteiger partial charge in [-0.25, -0.2) is 4.79 Å². The summed E-state index contributed by atoms with van der Waals surface area (Å²) in [4.78, 5) is 50.1. The molecule has 0 aromatic carbocycles. The van der Waals surface area contributed by atoms with E-state index in [0.29, 0.717) is 24.8 Å². The highest BCUT2D eigenvalue weighted by Gasteiger charge is 2.65. The Labute approximate surface area is 210 Å². The van der Waals surface area contributed by atoms with E-state index in [1.807, 2.05) is 33.8 Å². The SMILES string of the molecule is CCCOC(=O)C(=O)[C@H]1C(C)C[C@H]2[C@@H]3C=C(OC(C)=O)C4=CC(=O)C(Cl)=C[C@]4(C)[C@H]3C(O)C[C@]12C. The van der Waals surface area contributed by atoms with Crippen LogP contribution in [0.3, 0.4) is 0 Å². The van der Waals surface area contributed by atoms with Crippen LogP contribution in [-0.4, -0.2) is 41.3 Å². The normalized spacial score (nSPS) is 39.9. The summed E-state index contributed by atoms with van der Waals surface area (Å²) in [5.74, 6) is -3.33. The molecule has 0 heterocycles. The molecule has 0 bridgehead atoms. The van der Waals surface area contributed by atoms with E-state index in [4.69, 9.17) is 21.1 Å². The van der Waals surface area contributed by atoms with E-state index in [0.717, 1.165) is 0 Å². The summed E-state index contributed by atoms with van der Waals surface area (Å²) >= 11 is 6.27. The van der Waals surface area contributed by atoms with E-state index in [-0.39, 0.29) is 46.9 Å². The van der Waals surface area contributed by atoms with Crippen LogP contribution in [0.25, 0.3) is 0 Å². The Kier molecular flexibility index (Phi) is 6.64. The standard InChI is InChI=1S/C27H33ClO7/c1-6-7-34-25(33)24(32)22-13(2)8-16-15-9-21(35-14(3)29)17-10-19(30)18(28)11-26(17,4)23(15)20(31)12-27(16,22)5/h9-11,13,15-16,20,22-23,31H,6-8,12H2,1-5H3/t13?,15-,16-,20?,22+,23+,26-,27-/m0/s1. The lowest BCUT2D eigenvalue weighted by Crippen LogP contribution is -2.56. The van der Waals surface area contributed by atoms with Crippen molar-refractivity contribution in [1.82, 2.24) is 0 Å². The summed E-state index contributed by atoms with van der Waals surface area (Å²) in [6.07, 6.45) is 5.65. The maximum atomic E-state index is 13.3. The van der Waals surface area contributed by atoms with Crippen LogP contribution in [0.2, 0.25) is 0 Å². The zero-order valence-corrected chi connectivity index (χ0v) is 21.6. The molecule has 0 spiro atoms. The number of fused-ring (bicyclic) bond motifs is 5. The van der Waals surface area contributed by atoms with Gasteiger partial charge in [0.2, 0.25) is 5.78 Å². The first-order valence-corrected chi connectivity index (χ1v) is 12.7. The quantitative estimate of drug-likeness (QED) is 0.447. The molecule has 0 radical (unpaired) electrons. The van der Waals surface area contributed by atoms with Gasteiger partial charge in [0.25, 0.3) is 0 Å². The Hall–Kier alpha value is -2.25. The van der Waals surface area contributed by atoms with E-state index < -0.39 is 40.6 Å². The molecule has 0 amide bonds. The van der Waals surface area contributed by atoms with Crippen LogP contribution in [0.15, 0.2) is 34.6 Å². The largest absolute Gasteiger partial charge is 0.460 e. The summed E-state index contributed by atoms with van der Waals surface area (Å²) in [5.41, 5.74) is -0.982. The van der Waals surface area contributed by atoms with Crippen molar-refractivity contribution in [3.05, 3.63) is 34.6 Å². The highest BCUT2D eigenvalue weighted by Crippen LogP contribution is 2.67. The minimum atomic E-state index is -0.846. The molecule has 0 aromatic heterocycles. The van der Waals surface area contributed by atoms with Gasteiger partial charge in [0.1, 0.15) is 5.76 Å². The van der Waals surface area contributed by atoms with Crippen LogP contribution in [0, 0.1) is 40.4 Å². The fraction of sp³-hybridized carbons (Fsp3) is 0.630. The smallest absolute Gasteiger partial charge is 0.374 e. The molecule has 2 saturated carbocycles. The van der Waals surface area contributed by atoms with Crippen molar-refractivity contribution in [2.24, 2.45) is 40.4 Å². The number of hydrogen-bond acceptors (Lipinski definition) is 7. The Bertz CT molecular complexity index is 1070. The lowest BCUT2D eigenvalue weighted by Gasteiger charge is -2.57. The monoisotopic (exact) mass is 504 g/mol. The third kappa shape index (κ3) is 4.01. The van der Waals surface area contributed by atoms with Gasteiger partial charge in [0.05, 0.1) is 17.7 Å². The molecule has 0 aliphatic heterocycles. The number of carbonyl (C=O) groups is 4. The zero-order valence-electron chi connectivity index (χ0n) is 20.8. The van der Waals surface area contributed by atoms with E-state index in [1.165, 1.54) is 13.0 Å². The summed E-state index contributed by atoms with van der Waals surface area (Å²) < 4.78 is 10.7. The van der Waals surface area contributed by atoms with Gasteiger partial charge in [-0.1, -0.05) is 45.4 Å². The summed E-state index contributed by atoms with van der Waals surface area (Å²) in [6.45, 7) is 9.18. The maximum absolute atomic E-state index is 13.3. The van der Waals surface area contributed by atoms with Crippen molar-refractivity contribution in [2.45, 2.75) is 60.0 Å². The molecule has 7 nitrogen and oxygen atoms in total. The van der Waals surface area contributed by atoms with Gasteiger partial charge in [-0.3, -0.25) is 14.4 Å². The van der Waals surface area contributed by atoms with Gasteiger partial charge in [-0.15, -0.1) is 0 Å². The number of allylic oxidation sites excluding steroid dienone is 5. The second kappa shape index (κ2) is 9.00. The van der Waals surface area contributed by atoms with Crippen molar-refractivity contribution in [3.8, 4) is 0 Å². The lowest BCUT2D eigenvalue weighted by molar-refractivity contribution is -0.160. The van der Waals surface area contributed by atoms with Crippen molar-refractivity contribution in [1.29, 1.82) is 0 Å². The number of aliphatic hydroxyl groups excluding tert-OH is 1. The first-order chi connectivity index (χ1) is 16.3. The number of Topliss-reactive ketones (excluding diaryl/α,β-unsaturated/α-hetero) is 1. The predicted octanol–water partition coefficient (Wildman–Crippen LogP) is 3.88. The molecule has 4 aliphatic rings. The second-order valence-electron chi connectivity index (χ2n) is 11.0. The van der Waals surface area contributed by atoms with Crippen LogP contribution in [0.1, 0.15) is 53.9 Å². The van der Waals surface area contributed by atoms with Crippen LogP contribution in [0.4, 0.5) is 0 Å². The van der Waals surface area contributed by atoms with E-state index in [9.17, 15) is 24.3 Å². The molecule has 4 aliphatic carbocycles. The first-order valence-electron chi connectivity index (χ1n) is 12.3. The Morgan fingerprint density at radius 1 is 1.26 bits per heavy atom. The van der Waals surface area contributed by atoms with Crippen molar-refractivity contribution >= 4 is 35.1 Å². The van der Waals surface area contributed by atoms with Gasteiger partial charge < -0.3 is 14.6 Å². The third-order valence-corrected chi connectivity index (χ3v) is 8.98. The van der Waals surface area contributed by atoms with Crippen LogP contribution in [0.5, 0.6) is 0 Å². The number of hydrogen-bond donors (Lipinski definition) is 1. The summed E-state index contributed by atoms with van der Waals surface area (Å²) in [6, 6.07) is 0. The third-order valence-electron chi connectivity index (χ3n) is 8.69. The highest BCUT2D eigenvalue weighted by molar-refractivity contribution is 6.44. The molecule has 2 unspecified atom stereocenters. The number of halogens is 1. The van der Waals surface area contributed by atoms with Crippen LogP contribution in [-0.2, 0) is 28.7 Å². The molecule has 4 rings (SSSR count).